The lowest BCUT2D eigenvalue weighted by Crippen LogP contribution is -2.60. The van der Waals surface area contributed by atoms with Gasteiger partial charge in [0.1, 0.15) is 17.4 Å². The summed E-state index contributed by atoms with van der Waals surface area (Å²) in [7, 11) is 0. The summed E-state index contributed by atoms with van der Waals surface area (Å²) in [5, 5.41) is 31.3. The maximum atomic E-state index is 13.2. The molecule has 0 aromatic heterocycles. The Morgan fingerprint density at radius 3 is 1.77 bits per heavy atom. The first-order valence-electron chi connectivity index (χ1n) is 18.3. The predicted octanol–water partition coefficient (Wildman–Crippen LogP) is 2.16. The predicted molar refractivity (Wildman–Crippen MR) is 217 cm³/mol. The number of imide groups is 1. The van der Waals surface area contributed by atoms with E-state index in [-0.39, 0.29) is 73.2 Å². The van der Waals surface area contributed by atoms with Crippen molar-refractivity contribution in [2.45, 2.75) is 91.5 Å². The third-order valence-electron chi connectivity index (χ3n) is 8.71. The molecule has 6 N–H and O–H groups in total. The molecular formula is C37H57Br2N7O11. The summed E-state index contributed by atoms with van der Waals surface area (Å²) in [6, 6.07) is 7.02. The van der Waals surface area contributed by atoms with E-state index >= 15 is 0 Å². The second-order valence-electron chi connectivity index (χ2n) is 13.8. The third kappa shape index (κ3) is 16.6. The topological polar surface area (TPSA) is 244 Å². The number of nitrogens with one attached hydrogen (secondary N) is 4. The van der Waals surface area contributed by atoms with Gasteiger partial charge in [0.2, 0.25) is 11.8 Å². The lowest BCUT2D eigenvalue weighted by molar-refractivity contribution is -0.195. The van der Waals surface area contributed by atoms with Crippen LogP contribution < -0.4 is 21.3 Å². The van der Waals surface area contributed by atoms with Crippen molar-refractivity contribution >= 4 is 79.5 Å². The number of alkyl halides is 2. The lowest BCUT2D eigenvalue weighted by Gasteiger charge is -2.37. The molecule has 18 nitrogen and oxygen atoms in total. The number of aliphatic carboxylic acids is 1. The van der Waals surface area contributed by atoms with E-state index in [0.717, 1.165) is 18.4 Å². The molecule has 4 atom stereocenters. The number of rotatable bonds is 15. The first-order valence-corrected chi connectivity index (χ1v) is 20.6. The molecule has 3 saturated heterocycles. The average Bonchev–Trinajstić information content (AvgIpc) is 3.47. The van der Waals surface area contributed by atoms with Crippen molar-refractivity contribution in [3.05, 3.63) is 35.9 Å². The van der Waals surface area contributed by atoms with Crippen molar-refractivity contribution in [1.82, 2.24) is 36.1 Å². The molecule has 0 radical (unpaired) electrons. The number of hydrogen-bond acceptors (Lipinski definition) is 10. The minimum absolute atomic E-state index is 0. The zero-order valence-corrected chi connectivity index (χ0v) is 35.2. The highest BCUT2D eigenvalue weighted by molar-refractivity contribution is 9.09. The molecule has 2 unspecified atom stereocenters. The number of aliphatic hydroxyl groups is 1. The molecule has 320 valence electrons. The van der Waals surface area contributed by atoms with Gasteiger partial charge in [-0.1, -0.05) is 97.3 Å². The van der Waals surface area contributed by atoms with Crippen molar-refractivity contribution in [2.75, 3.05) is 43.4 Å². The Labute approximate surface area is 350 Å². The number of hydroxylamine groups is 2. The number of amides is 8. The number of aliphatic hydroxyl groups excluding tert-OH is 1. The van der Waals surface area contributed by atoms with E-state index in [1.54, 1.807) is 18.7 Å². The number of urea groups is 2. The van der Waals surface area contributed by atoms with Crippen LogP contribution in [-0.4, -0.2) is 140 Å². The van der Waals surface area contributed by atoms with Crippen LogP contribution in [0.1, 0.15) is 66.4 Å². The van der Waals surface area contributed by atoms with Crippen molar-refractivity contribution in [3.63, 3.8) is 0 Å². The van der Waals surface area contributed by atoms with Gasteiger partial charge in [-0.15, -0.1) is 5.06 Å². The van der Waals surface area contributed by atoms with E-state index in [1.807, 2.05) is 44.2 Å². The summed E-state index contributed by atoms with van der Waals surface area (Å²) in [5.74, 6) is -3.25. The summed E-state index contributed by atoms with van der Waals surface area (Å²) < 4.78 is 0. The van der Waals surface area contributed by atoms with Gasteiger partial charge in [-0.25, -0.2) is 19.2 Å². The van der Waals surface area contributed by atoms with Crippen LogP contribution in [0.5, 0.6) is 0 Å². The Balaban J connectivity index is 0.000000496. The largest absolute Gasteiger partial charge is 0.480 e. The number of carbonyl (C=O) groups is 8. The fraction of sp³-hybridized carbons (Fsp3) is 0.622. The van der Waals surface area contributed by atoms with E-state index in [1.165, 1.54) is 4.90 Å². The Morgan fingerprint density at radius 2 is 1.33 bits per heavy atom. The summed E-state index contributed by atoms with van der Waals surface area (Å²) in [6.07, 6.45) is 1.23. The van der Waals surface area contributed by atoms with E-state index < -0.39 is 48.0 Å². The maximum absolute atomic E-state index is 13.2. The minimum atomic E-state index is -0.986. The molecule has 0 saturated carbocycles. The van der Waals surface area contributed by atoms with Gasteiger partial charge in [0.05, 0.1) is 17.5 Å². The summed E-state index contributed by atoms with van der Waals surface area (Å²) in [6.45, 7) is 9.69. The standard InChI is InChI=1S/C21H31BrN4O4.C9H16N2O3.C6H6BrNO4.CH4/c1-14(2)19(26-10-6-9-23-21(26)30)20(29)25-16(11-15-7-4-3-5-8-15)17(27)13-24-18(28)12-22;1-6(2)7(8(12)13)11-5-3-4-10-9(11)14;7-3-6(11)12-8-4(9)1-2-5(8)10;/h3-5,7-8,14,16-17,19,27H,6,9-13H2,1-2H3,(H,23,30)(H,24,28)(H,25,29);6-7H,3-5H2,1-2H3,(H,10,14)(H,12,13);1-3H2;1H4/t16?,17?,19-;7-;;/m00../s1. The van der Waals surface area contributed by atoms with Gasteiger partial charge in [0.25, 0.3) is 11.8 Å². The minimum Gasteiger partial charge on any atom is -0.480 e. The Bertz CT molecular complexity index is 1500. The number of carboxylic acids is 1. The monoisotopic (exact) mass is 933 g/mol. The molecule has 4 rings (SSSR count). The van der Waals surface area contributed by atoms with Crippen molar-refractivity contribution in [2.24, 2.45) is 11.8 Å². The van der Waals surface area contributed by atoms with Crippen LogP contribution in [0.15, 0.2) is 30.3 Å². The number of nitrogens with zero attached hydrogens (tertiary/aromatic N) is 3. The summed E-state index contributed by atoms with van der Waals surface area (Å²) >= 11 is 5.91. The molecule has 0 aliphatic carbocycles. The Morgan fingerprint density at radius 1 is 0.825 bits per heavy atom. The summed E-state index contributed by atoms with van der Waals surface area (Å²) in [4.78, 5) is 99.1. The first kappa shape index (κ1) is 50.7. The normalized spacial score (nSPS) is 17.3. The Hall–Kier alpha value is -4.30. The fourth-order valence-electron chi connectivity index (χ4n) is 6.02. The van der Waals surface area contributed by atoms with Crippen LogP contribution in [0.3, 0.4) is 0 Å². The van der Waals surface area contributed by atoms with E-state index in [4.69, 9.17) is 5.11 Å². The number of hydrogen-bond donors (Lipinski definition) is 6. The van der Waals surface area contributed by atoms with Gasteiger partial charge in [0, 0.05) is 45.6 Å². The van der Waals surface area contributed by atoms with E-state index in [0.29, 0.717) is 37.7 Å². The molecule has 3 heterocycles. The third-order valence-corrected chi connectivity index (χ3v) is 9.68. The van der Waals surface area contributed by atoms with E-state index in [9.17, 15) is 43.5 Å². The smallest absolute Gasteiger partial charge is 0.343 e. The highest BCUT2D eigenvalue weighted by atomic mass is 79.9. The maximum Gasteiger partial charge on any atom is 0.343 e. The van der Waals surface area contributed by atoms with Crippen LogP contribution in [0.4, 0.5) is 9.59 Å². The van der Waals surface area contributed by atoms with Crippen molar-refractivity contribution < 1.29 is 53.4 Å². The zero-order chi connectivity index (χ0) is 41.9. The highest BCUT2D eigenvalue weighted by Gasteiger charge is 2.36. The molecule has 3 aliphatic heterocycles. The SMILES string of the molecule is C.CC(C)[C@@H](C(=O)NC(Cc1ccccc1)C(O)CNC(=O)CBr)N1CCCNC1=O.CC(C)[C@@H](C(=O)O)N1CCCNC1=O.O=C(CBr)ON1C(=O)CCC1=O. The lowest BCUT2D eigenvalue weighted by atomic mass is 9.97. The quantitative estimate of drug-likeness (QED) is 0.110. The molecule has 0 bridgehead atoms. The molecule has 8 amide bonds. The molecule has 57 heavy (non-hydrogen) atoms. The molecule has 20 heteroatoms. The number of benzene rings is 1. The second-order valence-corrected chi connectivity index (χ2v) is 14.9. The van der Waals surface area contributed by atoms with Gasteiger partial charge < -0.3 is 46.1 Å². The van der Waals surface area contributed by atoms with Crippen molar-refractivity contribution in [3.8, 4) is 0 Å². The van der Waals surface area contributed by atoms with Crippen LogP contribution in [0.25, 0.3) is 0 Å². The number of carboxylic acid groups (broad SMARTS) is 1. The van der Waals surface area contributed by atoms with Gasteiger partial charge in [-0.2, -0.15) is 0 Å². The molecular weight excluding hydrogens is 878 g/mol. The van der Waals surface area contributed by atoms with Gasteiger partial charge in [-0.05, 0) is 36.7 Å². The number of halogens is 2. The van der Waals surface area contributed by atoms with Gasteiger partial charge in [-0.3, -0.25) is 19.2 Å². The molecule has 0 spiro atoms. The first-order chi connectivity index (χ1) is 26.5. The van der Waals surface area contributed by atoms with Crippen LogP contribution in [0, 0.1) is 11.8 Å². The number of carbonyl (C=O) groups excluding carboxylic acids is 7. The highest BCUT2D eigenvalue weighted by Crippen LogP contribution is 2.17. The van der Waals surface area contributed by atoms with Crippen LogP contribution >= 0.6 is 31.9 Å². The molecule has 1 aromatic rings. The zero-order valence-electron chi connectivity index (χ0n) is 32.0. The average molecular weight is 936 g/mol. The molecule has 1 aromatic carbocycles. The van der Waals surface area contributed by atoms with Crippen LogP contribution in [0.2, 0.25) is 0 Å². The molecule has 3 fully saturated rings. The fourth-order valence-corrected chi connectivity index (χ4v) is 6.32. The second kappa shape index (κ2) is 25.9. The van der Waals surface area contributed by atoms with E-state index in [2.05, 4.69) is 58.0 Å². The summed E-state index contributed by atoms with van der Waals surface area (Å²) in [5.41, 5.74) is 0.950. The van der Waals surface area contributed by atoms with Gasteiger partial charge >= 0.3 is 24.0 Å². The van der Waals surface area contributed by atoms with Crippen LogP contribution in [-0.2, 0) is 40.0 Å². The Kier molecular flexibility index (Phi) is 23.0. The van der Waals surface area contributed by atoms with Gasteiger partial charge in [0.15, 0.2) is 0 Å². The van der Waals surface area contributed by atoms with Crippen molar-refractivity contribution in [1.29, 1.82) is 0 Å². The molecule has 3 aliphatic rings.